The lowest BCUT2D eigenvalue weighted by atomic mass is 10.1. The van der Waals surface area contributed by atoms with Gasteiger partial charge >= 0.3 is 0 Å². The standard InChI is InChI=1S/C18H22N2O2/c1-3-15(18(21)19-14-10-6-5-7-11-14)20-16-12-8-9-13-17(16)22-4-2/h5-13,15,20H,3-4H2,1-2H3,(H,19,21)/t15-/m1/s1. The van der Waals surface area contributed by atoms with E-state index in [2.05, 4.69) is 10.6 Å². The van der Waals surface area contributed by atoms with Gasteiger partial charge < -0.3 is 15.4 Å². The van der Waals surface area contributed by atoms with E-state index in [9.17, 15) is 4.79 Å². The van der Waals surface area contributed by atoms with Crippen LogP contribution in [0.4, 0.5) is 11.4 Å². The van der Waals surface area contributed by atoms with Crippen molar-refractivity contribution in [2.24, 2.45) is 0 Å². The van der Waals surface area contributed by atoms with Crippen LogP contribution in [0.1, 0.15) is 20.3 Å². The Morgan fingerprint density at radius 1 is 1.05 bits per heavy atom. The third kappa shape index (κ3) is 4.25. The number of hydrogen-bond acceptors (Lipinski definition) is 3. The van der Waals surface area contributed by atoms with Crippen LogP contribution >= 0.6 is 0 Å². The normalized spacial score (nSPS) is 11.5. The van der Waals surface area contributed by atoms with Gasteiger partial charge in [-0.3, -0.25) is 4.79 Å². The second-order valence-corrected chi connectivity index (χ2v) is 4.89. The highest BCUT2D eigenvalue weighted by atomic mass is 16.5. The molecule has 22 heavy (non-hydrogen) atoms. The molecule has 1 atom stereocenters. The molecule has 0 aromatic heterocycles. The van der Waals surface area contributed by atoms with E-state index in [1.165, 1.54) is 0 Å². The van der Waals surface area contributed by atoms with Crippen molar-refractivity contribution < 1.29 is 9.53 Å². The molecule has 0 radical (unpaired) electrons. The van der Waals surface area contributed by atoms with E-state index in [0.29, 0.717) is 13.0 Å². The molecule has 0 saturated carbocycles. The summed E-state index contributed by atoms with van der Waals surface area (Å²) in [5, 5.41) is 6.19. The number of amides is 1. The van der Waals surface area contributed by atoms with Gasteiger partial charge in [0, 0.05) is 5.69 Å². The summed E-state index contributed by atoms with van der Waals surface area (Å²) in [4.78, 5) is 12.4. The number of anilines is 2. The van der Waals surface area contributed by atoms with Gasteiger partial charge in [0.05, 0.1) is 12.3 Å². The summed E-state index contributed by atoms with van der Waals surface area (Å²) in [6.07, 6.45) is 0.680. The van der Waals surface area contributed by atoms with Crippen molar-refractivity contribution in [3.63, 3.8) is 0 Å². The summed E-state index contributed by atoms with van der Waals surface area (Å²) in [6, 6.07) is 16.8. The summed E-state index contributed by atoms with van der Waals surface area (Å²) in [5.74, 6) is 0.705. The second kappa shape index (κ2) is 8.08. The molecule has 4 nitrogen and oxygen atoms in total. The van der Waals surface area contributed by atoms with Crippen LogP contribution in [0.25, 0.3) is 0 Å². The number of ether oxygens (including phenoxy) is 1. The molecule has 0 aliphatic carbocycles. The van der Waals surface area contributed by atoms with Crippen LogP contribution in [-0.2, 0) is 4.79 Å². The molecule has 0 unspecified atom stereocenters. The first-order chi connectivity index (χ1) is 10.7. The Balaban J connectivity index is 2.07. The van der Waals surface area contributed by atoms with Gasteiger partial charge in [0.15, 0.2) is 0 Å². The van der Waals surface area contributed by atoms with Crippen LogP contribution in [-0.4, -0.2) is 18.6 Å². The number of hydrogen-bond donors (Lipinski definition) is 2. The van der Waals surface area contributed by atoms with Crippen LogP contribution in [0.3, 0.4) is 0 Å². The molecule has 2 aromatic carbocycles. The fourth-order valence-corrected chi connectivity index (χ4v) is 2.16. The minimum absolute atomic E-state index is 0.0556. The Morgan fingerprint density at radius 2 is 1.73 bits per heavy atom. The first-order valence-corrected chi connectivity index (χ1v) is 7.58. The van der Waals surface area contributed by atoms with Crippen molar-refractivity contribution in [3.8, 4) is 5.75 Å². The molecule has 0 saturated heterocycles. The Labute approximate surface area is 131 Å². The lowest BCUT2D eigenvalue weighted by molar-refractivity contribution is -0.116. The molecule has 0 bridgehead atoms. The van der Waals surface area contributed by atoms with Crippen LogP contribution in [0, 0.1) is 0 Å². The average Bonchev–Trinajstić information content (AvgIpc) is 2.55. The number of carbonyl (C=O) groups excluding carboxylic acids is 1. The van der Waals surface area contributed by atoms with Gasteiger partial charge in [0.2, 0.25) is 5.91 Å². The molecule has 4 heteroatoms. The molecule has 0 heterocycles. The molecule has 2 N–H and O–H groups in total. The molecular formula is C18H22N2O2. The van der Waals surface area contributed by atoms with Crippen LogP contribution < -0.4 is 15.4 Å². The van der Waals surface area contributed by atoms with Crippen molar-refractivity contribution in [1.29, 1.82) is 0 Å². The topological polar surface area (TPSA) is 50.4 Å². The molecule has 0 aliphatic rings. The lowest BCUT2D eigenvalue weighted by Gasteiger charge is -2.20. The van der Waals surface area contributed by atoms with Crippen molar-refractivity contribution in [2.75, 3.05) is 17.2 Å². The SMILES string of the molecule is CCOc1ccccc1N[C@H](CC)C(=O)Nc1ccccc1. The van der Waals surface area contributed by atoms with Gasteiger partial charge in [-0.2, -0.15) is 0 Å². The molecule has 0 spiro atoms. The van der Waals surface area contributed by atoms with Crippen LogP contribution in [0.15, 0.2) is 54.6 Å². The largest absolute Gasteiger partial charge is 0.492 e. The Bertz CT molecular complexity index is 599. The van der Waals surface area contributed by atoms with Crippen molar-refractivity contribution in [1.82, 2.24) is 0 Å². The fraction of sp³-hybridized carbons (Fsp3) is 0.278. The van der Waals surface area contributed by atoms with E-state index < -0.39 is 0 Å². The molecular weight excluding hydrogens is 276 g/mol. The number of nitrogens with one attached hydrogen (secondary N) is 2. The minimum Gasteiger partial charge on any atom is -0.492 e. The first kappa shape index (κ1) is 15.9. The first-order valence-electron chi connectivity index (χ1n) is 7.58. The maximum Gasteiger partial charge on any atom is 0.246 e. The van der Waals surface area contributed by atoms with Crippen LogP contribution in [0.5, 0.6) is 5.75 Å². The summed E-state index contributed by atoms with van der Waals surface area (Å²) in [7, 11) is 0. The number of carbonyl (C=O) groups is 1. The second-order valence-electron chi connectivity index (χ2n) is 4.89. The van der Waals surface area contributed by atoms with Crippen molar-refractivity contribution in [3.05, 3.63) is 54.6 Å². The predicted octanol–water partition coefficient (Wildman–Crippen LogP) is 3.91. The maximum absolute atomic E-state index is 12.4. The van der Waals surface area contributed by atoms with E-state index >= 15 is 0 Å². The van der Waals surface area contributed by atoms with Crippen molar-refractivity contribution in [2.45, 2.75) is 26.3 Å². The Kier molecular flexibility index (Phi) is 5.83. The smallest absolute Gasteiger partial charge is 0.246 e. The van der Waals surface area contributed by atoms with Gasteiger partial charge in [-0.15, -0.1) is 0 Å². The fourth-order valence-electron chi connectivity index (χ4n) is 2.16. The lowest BCUT2D eigenvalue weighted by Crippen LogP contribution is -2.34. The van der Waals surface area contributed by atoms with Gasteiger partial charge in [0.1, 0.15) is 11.8 Å². The number of rotatable bonds is 7. The molecule has 116 valence electrons. The molecule has 0 aliphatic heterocycles. The average molecular weight is 298 g/mol. The van der Waals surface area contributed by atoms with E-state index in [1.54, 1.807) is 0 Å². The number of para-hydroxylation sites is 3. The monoisotopic (exact) mass is 298 g/mol. The highest BCUT2D eigenvalue weighted by molar-refractivity contribution is 5.96. The Morgan fingerprint density at radius 3 is 2.41 bits per heavy atom. The van der Waals surface area contributed by atoms with Crippen LogP contribution in [0.2, 0.25) is 0 Å². The number of benzene rings is 2. The summed E-state index contributed by atoms with van der Waals surface area (Å²) >= 11 is 0. The van der Waals surface area contributed by atoms with E-state index in [4.69, 9.17) is 4.74 Å². The molecule has 1 amide bonds. The van der Waals surface area contributed by atoms with E-state index in [-0.39, 0.29) is 11.9 Å². The minimum atomic E-state index is -0.318. The van der Waals surface area contributed by atoms with E-state index in [0.717, 1.165) is 17.1 Å². The zero-order chi connectivity index (χ0) is 15.8. The molecule has 2 aromatic rings. The highest BCUT2D eigenvalue weighted by Gasteiger charge is 2.17. The predicted molar refractivity (Wildman–Crippen MR) is 90.4 cm³/mol. The third-order valence-electron chi connectivity index (χ3n) is 3.28. The van der Waals surface area contributed by atoms with E-state index in [1.807, 2.05) is 68.4 Å². The van der Waals surface area contributed by atoms with Gasteiger partial charge in [-0.25, -0.2) is 0 Å². The Hall–Kier alpha value is -2.49. The van der Waals surface area contributed by atoms with Gasteiger partial charge in [-0.1, -0.05) is 37.3 Å². The van der Waals surface area contributed by atoms with Gasteiger partial charge in [-0.05, 0) is 37.6 Å². The molecule has 2 rings (SSSR count). The van der Waals surface area contributed by atoms with Crippen molar-refractivity contribution >= 4 is 17.3 Å². The third-order valence-corrected chi connectivity index (χ3v) is 3.28. The summed E-state index contributed by atoms with van der Waals surface area (Å²) in [5.41, 5.74) is 1.63. The summed E-state index contributed by atoms with van der Waals surface area (Å²) < 4.78 is 5.59. The highest BCUT2D eigenvalue weighted by Crippen LogP contribution is 2.25. The maximum atomic E-state index is 12.4. The van der Waals surface area contributed by atoms with Gasteiger partial charge in [0.25, 0.3) is 0 Å². The quantitative estimate of drug-likeness (QED) is 0.814. The zero-order valence-corrected chi connectivity index (χ0v) is 13.0. The summed E-state index contributed by atoms with van der Waals surface area (Å²) in [6.45, 7) is 4.51. The zero-order valence-electron chi connectivity index (χ0n) is 13.0. The molecule has 0 fully saturated rings.